The number of carbonyl (C=O) groups excluding carboxylic acids is 1. The smallest absolute Gasteiger partial charge is 0.407 e. The van der Waals surface area contributed by atoms with Crippen LogP contribution >= 0.6 is 0 Å². The lowest BCUT2D eigenvalue weighted by atomic mass is 9.85. The van der Waals surface area contributed by atoms with Crippen LogP contribution < -0.4 is 10.1 Å². The molecule has 2 aromatic carbocycles. The second kappa shape index (κ2) is 9.21. The van der Waals surface area contributed by atoms with E-state index in [0.29, 0.717) is 23.8 Å². The van der Waals surface area contributed by atoms with Gasteiger partial charge in [-0.25, -0.2) is 9.18 Å². The Morgan fingerprint density at radius 2 is 2.00 bits per heavy atom. The zero-order valence-electron chi connectivity index (χ0n) is 20.4. The van der Waals surface area contributed by atoms with Crippen molar-refractivity contribution in [2.24, 2.45) is 11.3 Å². The van der Waals surface area contributed by atoms with Crippen molar-refractivity contribution in [1.82, 2.24) is 10.2 Å². The van der Waals surface area contributed by atoms with Crippen LogP contribution in [0.5, 0.6) is 5.75 Å². The van der Waals surface area contributed by atoms with E-state index in [-0.39, 0.29) is 29.5 Å². The number of benzene rings is 2. The number of nitrogens with one attached hydrogen (secondary N) is 1. The summed E-state index contributed by atoms with van der Waals surface area (Å²) in [4.78, 5) is 15.3. The fourth-order valence-electron chi connectivity index (χ4n) is 5.93. The van der Waals surface area contributed by atoms with Gasteiger partial charge in [0.1, 0.15) is 17.7 Å². The van der Waals surface area contributed by atoms with Gasteiger partial charge in [-0.1, -0.05) is 45.0 Å². The summed E-state index contributed by atoms with van der Waals surface area (Å²) in [5.74, 6) is 0.753. The first kappa shape index (κ1) is 23.2. The maximum Gasteiger partial charge on any atom is 0.407 e. The third-order valence-corrected chi connectivity index (χ3v) is 7.72. The SMILES string of the molecule is CCCOc1cccc(F)c1-c1ccc2c(c1)CC(C)(C)C2NC(=O)O[C@H]1CN2CCC1CC2. The maximum atomic E-state index is 14.8. The molecule has 4 aliphatic rings. The van der Waals surface area contributed by atoms with E-state index < -0.39 is 0 Å². The zero-order valence-corrected chi connectivity index (χ0v) is 20.4. The summed E-state index contributed by atoms with van der Waals surface area (Å²) >= 11 is 0. The van der Waals surface area contributed by atoms with Crippen LogP contribution in [-0.2, 0) is 11.2 Å². The molecule has 2 aromatic rings. The van der Waals surface area contributed by atoms with Gasteiger partial charge in [0.25, 0.3) is 0 Å². The Hall–Kier alpha value is -2.60. The van der Waals surface area contributed by atoms with Crippen molar-refractivity contribution in [3.05, 3.63) is 53.3 Å². The minimum atomic E-state index is -0.335. The van der Waals surface area contributed by atoms with Crippen molar-refractivity contribution in [3.63, 3.8) is 0 Å². The van der Waals surface area contributed by atoms with E-state index in [0.717, 1.165) is 62.0 Å². The molecule has 34 heavy (non-hydrogen) atoms. The highest BCUT2D eigenvalue weighted by Crippen LogP contribution is 2.47. The number of amides is 1. The molecule has 3 saturated heterocycles. The second-order valence-corrected chi connectivity index (χ2v) is 10.7. The van der Waals surface area contributed by atoms with Gasteiger partial charge in [-0.3, -0.25) is 4.90 Å². The van der Waals surface area contributed by atoms with Gasteiger partial charge in [0, 0.05) is 6.54 Å². The molecule has 0 saturated carbocycles. The van der Waals surface area contributed by atoms with Crippen LogP contribution in [0, 0.1) is 17.2 Å². The monoisotopic (exact) mass is 466 g/mol. The summed E-state index contributed by atoms with van der Waals surface area (Å²) in [5.41, 5.74) is 3.32. The average Bonchev–Trinajstić information content (AvgIpc) is 3.07. The van der Waals surface area contributed by atoms with Crippen molar-refractivity contribution in [2.45, 2.75) is 58.6 Å². The molecule has 3 aliphatic heterocycles. The number of nitrogens with zero attached hydrogens (tertiary/aromatic N) is 1. The first-order valence-electron chi connectivity index (χ1n) is 12.6. The van der Waals surface area contributed by atoms with Crippen LogP contribution in [0.4, 0.5) is 9.18 Å². The van der Waals surface area contributed by atoms with Gasteiger partial charge in [-0.05, 0) is 78.9 Å². The van der Waals surface area contributed by atoms with Crippen LogP contribution in [0.2, 0.25) is 0 Å². The molecule has 6 rings (SSSR count). The predicted octanol–water partition coefficient (Wildman–Crippen LogP) is 5.73. The topological polar surface area (TPSA) is 50.8 Å². The summed E-state index contributed by atoms with van der Waals surface area (Å²) in [6.45, 7) is 9.97. The third kappa shape index (κ3) is 4.40. The standard InChI is InChI=1S/C28H35FN2O3/c1-4-14-33-23-7-5-6-22(29)25(23)19-8-9-21-20(15-19)16-28(2,3)26(21)30-27(32)34-24-17-31-12-10-18(24)11-13-31/h5-9,15,18,24,26H,4,10-14,16-17H2,1-3H3,(H,30,32)/t24-,26?/m0/s1. The minimum absolute atomic E-state index is 0.0172. The van der Waals surface area contributed by atoms with Crippen molar-refractivity contribution in [3.8, 4) is 16.9 Å². The van der Waals surface area contributed by atoms with Crippen LogP contribution in [0.1, 0.15) is 57.2 Å². The normalized spacial score (nSPS) is 26.7. The largest absolute Gasteiger partial charge is 0.493 e. The molecule has 1 amide bonds. The summed E-state index contributed by atoms with van der Waals surface area (Å²) in [5, 5.41) is 3.16. The Morgan fingerprint density at radius 3 is 2.71 bits per heavy atom. The Labute approximate surface area is 201 Å². The highest BCUT2D eigenvalue weighted by molar-refractivity contribution is 5.73. The van der Waals surface area contributed by atoms with Crippen molar-refractivity contribution in [2.75, 3.05) is 26.2 Å². The van der Waals surface area contributed by atoms with Gasteiger partial charge in [0.15, 0.2) is 0 Å². The zero-order chi connectivity index (χ0) is 23.9. The molecule has 1 N–H and O–H groups in total. The summed E-state index contributed by atoms with van der Waals surface area (Å²) < 4.78 is 26.6. The molecule has 1 unspecified atom stereocenters. The lowest BCUT2D eigenvalue weighted by Crippen LogP contribution is -2.53. The first-order chi connectivity index (χ1) is 16.4. The van der Waals surface area contributed by atoms with Gasteiger partial charge in [0.05, 0.1) is 18.2 Å². The maximum absolute atomic E-state index is 14.8. The van der Waals surface area contributed by atoms with Crippen molar-refractivity contribution >= 4 is 6.09 Å². The number of hydrogen-bond donors (Lipinski definition) is 1. The summed E-state index contributed by atoms with van der Waals surface area (Å²) in [7, 11) is 0. The molecule has 5 nitrogen and oxygen atoms in total. The molecular formula is C28H35FN2O3. The van der Waals surface area contributed by atoms with E-state index in [2.05, 4.69) is 30.1 Å². The van der Waals surface area contributed by atoms with Gasteiger partial charge in [0.2, 0.25) is 0 Å². The van der Waals surface area contributed by atoms with E-state index in [1.165, 1.54) is 6.07 Å². The molecule has 0 radical (unpaired) electrons. The molecule has 2 bridgehead atoms. The highest BCUT2D eigenvalue weighted by atomic mass is 19.1. The fourth-order valence-corrected chi connectivity index (χ4v) is 5.93. The first-order valence-corrected chi connectivity index (χ1v) is 12.6. The number of hydrogen-bond acceptors (Lipinski definition) is 4. The number of piperidine rings is 3. The van der Waals surface area contributed by atoms with E-state index in [1.54, 1.807) is 6.07 Å². The highest BCUT2D eigenvalue weighted by Gasteiger charge is 2.42. The minimum Gasteiger partial charge on any atom is -0.493 e. The van der Waals surface area contributed by atoms with Gasteiger partial charge < -0.3 is 14.8 Å². The molecule has 6 heteroatoms. The van der Waals surface area contributed by atoms with E-state index >= 15 is 0 Å². The third-order valence-electron chi connectivity index (χ3n) is 7.72. The van der Waals surface area contributed by atoms with Crippen LogP contribution in [0.3, 0.4) is 0 Å². The molecule has 3 heterocycles. The molecule has 1 aliphatic carbocycles. The fraction of sp³-hybridized carbons (Fsp3) is 0.536. The van der Waals surface area contributed by atoms with Gasteiger partial charge >= 0.3 is 6.09 Å². The van der Waals surface area contributed by atoms with Gasteiger partial charge in [-0.15, -0.1) is 0 Å². The van der Waals surface area contributed by atoms with Gasteiger partial charge in [-0.2, -0.15) is 0 Å². The lowest BCUT2D eigenvalue weighted by Gasteiger charge is -2.44. The number of fused-ring (bicyclic) bond motifs is 4. The van der Waals surface area contributed by atoms with Crippen LogP contribution in [-0.4, -0.2) is 43.3 Å². The molecular weight excluding hydrogens is 431 g/mol. The molecule has 0 spiro atoms. The quantitative estimate of drug-likeness (QED) is 0.591. The number of carbonyl (C=O) groups is 1. The van der Waals surface area contributed by atoms with E-state index in [4.69, 9.17) is 9.47 Å². The van der Waals surface area contributed by atoms with Crippen molar-refractivity contribution < 1.29 is 18.7 Å². The second-order valence-electron chi connectivity index (χ2n) is 10.7. The van der Waals surface area contributed by atoms with Crippen LogP contribution in [0.25, 0.3) is 11.1 Å². The number of rotatable bonds is 6. The summed E-state index contributed by atoms with van der Waals surface area (Å²) in [6.07, 6.45) is 3.52. The molecule has 0 aromatic heterocycles. The Kier molecular flexibility index (Phi) is 6.28. The lowest BCUT2D eigenvalue weighted by molar-refractivity contribution is -0.0348. The number of halogens is 1. The number of ether oxygens (including phenoxy) is 2. The van der Waals surface area contributed by atoms with Crippen molar-refractivity contribution in [1.29, 1.82) is 0 Å². The van der Waals surface area contributed by atoms with Crippen LogP contribution in [0.15, 0.2) is 36.4 Å². The predicted molar refractivity (Wildman–Crippen MR) is 130 cm³/mol. The Morgan fingerprint density at radius 1 is 1.21 bits per heavy atom. The molecule has 3 fully saturated rings. The Bertz CT molecular complexity index is 1060. The number of alkyl carbamates (subject to hydrolysis) is 1. The van der Waals surface area contributed by atoms with E-state index in [1.807, 2.05) is 25.1 Å². The van der Waals surface area contributed by atoms with E-state index in [9.17, 15) is 9.18 Å². The summed E-state index contributed by atoms with van der Waals surface area (Å²) in [6, 6.07) is 10.8. The average molecular weight is 467 g/mol. The molecule has 2 atom stereocenters. The Balaban J connectivity index is 1.36. The molecule has 182 valence electrons.